The molecule has 1 fully saturated rings. The van der Waals surface area contributed by atoms with E-state index in [1.54, 1.807) is 42.5 Å². The number of carbonyl (C=O) groups is 1. The van der Waals surface area contributed by atoms with Crippen LogP contribution in [0.1, 0.15) is 30.4 Å². The van der Waals surface area contributed by atoms with Crippen LogP contribution in [-0.4, -0.2) is 24.3 Å². The van der Waals surface area contributed by atoms with E-state index in [1.807, 2.05) is 30.6 Å². The minimum Gasteiger partial charge on any atom is -0.326 e. The standard InChI is InChI=1S/C26H24N4O3S/c1-2-17-15-27-16-19-6-9-20(13-22(17)19)29-26(31)24-14-23(24)18-7-10-21(11-8-18)34(32,33)30-25-5-3-4-12-28-25/h3-13,15-16,23-24H,2,14H2,1H3,(H,28,30)(H,29,31)/t23-,24+/m0/s1. The number of carbonyl (C=O) groups excluding carboxylic acids is 1. The zero-order chi connectivity index (χ0) is 23.7. The number of aryl methyl sites for hydroxylation is 1. The van der Waals surface area contributed by atoms with Crippen molar-refractivity contribution >= 4 is 38.2 Å². The van der Waals surface area contributed by atoms with Gasteiger partial charge in [-0.15, -0.1) is 0 Å². The highest BCUT2D eigenvalue weighted by atomic mass is 32.2. The lowest BCUT2D eigenvalue weighted by atomic mass is 10.1. The Hall–Kier alpha value is -3.78. The van der Waals surface area contributed by atoms with Crippen LogP contribution in [0.15, 0.2) is 84.1 Å². The van der Waals surface area contributed by atoms with Crippen LogP contribution >= 0.6 is 0 Å². The Morgan fingerprint density at radius 1 is 1.06 bits per heavy atom. The predicted octanol–water partition coefficient (Wildman–Crippen LogP) is 4.74. The molecule has 0 radical (unpaired) electrons. The van der Waals surface area contributed by atoms with Crippen LogP contribution in [0.25, 0.3) is 10.8 Å². The average molecular weight is 473 g/mol. The number of nitrogens with zero attached hydrogens (tertiary/aromatic N) is 2. The summed E-state index contributed by atoms with van der Waals surface area (Å²) < 4.78 is 27.7. The molecule has 34 heavy (non-hydrogen) atoms. The first-order valence-corrected chi connectivity index (χ1v) is 12.6. The molecule has 2 atom stereocenters. The highest BCUT2D eigenvalue weighted by Crippen LogP contribution is 2.48. The van der Waals surface area contributed by atoms with Crippen molar-refractivity contribution in [3.63, 3.8) is 0 Å². The molecule has 172 valence electrons. The summed E-state index contributed by atoms with van der Waals surface area (Å²) in [5.41, 5.74) is 2.87. The maximum absolute atomic E-state index is 12.8. The molecule has 5 rings (SSSR count). The number of sulfonamides is 1. The monoisotopic (exact) mass is 472 g/mol. The molecule has 0 unspecified atom stereocenters. The van der Waals surface area contributed by atoms with Crippen molar-refractivity contribution in [2.45, 2.75) is 30.6 Å². The van der Waals surface area contributed by atoms with Gasteiger partial charge in [-0.2, -0.15) is 0 Å². The van der Waals surface area contributed by atoms with Crippen molar-refractivity contribution in [3.8, 4) is 0 Å². The lowest BCUT2D eigenvalue weighted by Crippen LogP contribution is -2.15. The van der Waals surface area contributed by atoms with Crippen molar-refractivity contribution in [2.24, 2.45) is 5.92 Å². The molecule has 0 aliphatic heterocycles. The van der Waals surface area contributed by atoms with Crippen LogP contribution in [-0.2, 0) is 21.2 Å². The SMILES string of the molecule is CCc1cncc2ccc(NC(=O)[C@@H]3C[C@H]3c3ccc(S(=O)(=O)Nc4ccccn4)cc3)cc12. The molecule has 2 N–H and O–H groups in total. The second kappa shape index (κ2) is 8.87. The van der Waals surface area contributed by atoms with E-state index in [-0.39, 0.29) is 28.5 Å². The van der Waals surface area contributed by atoms with Gasteiger partial charge in [-0.25, -0.2) is 13.4 Å². The second-order valence-electron chi connectivity index (χ2n) is 8.42. The molecular weight excluding hydrogens is 448 g/mol. The van der Waals surface area contributed by atoms with Crippen LogP contribution in [0.2, 0.25) is 0 Å². The molecule has 1 saturated carbocycles. The van der Waals surface area contributed by atoms with Crippen molar-refractivity contribution in [1.82, 2.24) is 9.97 Å². The number of benzene rings is 2. The highest BCUT2D eigenvalue weighted by Gasteiger charge is 2.44. The third-order valence-corrected chi connectivity index (χ3v) is 7.51. The van der Waals surface area contributed by atoms with E-state index in [2.05, 4.69) is 26.9 Å². The summed E-state index contributed by atoms with van der Waals surface area (Å²) in [5, 5.41) is 5.18. The Morgan fingerprint density at radius 3 is 2.62 bits per heavy atom. The van der Waals surface area contributed by atoms with E-state index in [1.165, 1.54) is 6.20 Å². The summed E-state index contributed by atoms with van der Waals surface area (Å²) in [6, 6.07) is 17.6. The molecule has 4 aromatic rings. The van der Waals surface area contributed by atoms with E-state index >= 15 is 0 Å². The van der Waals surface area contributed by atoms with Crippen LogP contribution in [0, 0.1) is 5.92 Å². The molecule has 1 aliphatic carbocycles. The summed E-state index contributed by atoms with van der Waals surface area (Å²) in [4.78, 5) is 21.3. The molecule has 0 bridgehead atoms. The highest BCUT2D eigenvalue weighted by molar-refractivity contribution is 7.92. The first-order valence-electron chi connectivity index (χ1n) is 11.2. The molecule has 1 amide bonds. The Kier molecular flexibility index (Phi) is 5.75. The Bertz CT molecular complexity index is 1450. The molecular formula is C26H24N4O3S. The maximum atomic E-state index is 12.8. The van der Waals surface area contributed by atoms with Crippen molar-refractivity contribution < 1.29 is 13.2 Å². The predicted molar refractivity (Wildman–Crippen MR) is 132 cm³/mol. The van der Waals surface area contributed by atoms with Gasteiger partial charge >= 0.3 is 0 Å². The number of fused-ring (bicyclic) bond motifs is 1. The molecule has 2 heterocycles. The molecule has 0 spiro atoms. The quantitative estimate of drug-likeness (QED) is 0.405. The number of anilines is 2. The van der Waals surface area contributed by atoms with Crippen LogP contribution < -0.4 is 10.0 Å². The number of pyridine rings is 2. The minimum atomic E-state index is -3.73. The zero-order valence-corrected chi connectivity index (χ0v) is 19.4. The first-order chi connectivity index (χ1) is 16.4. The summed E-state index contributed by atoms with van der Waals surface area (Å²) in [7, 11) is -3.73. The first kappa shape index (κ1) is 22.0. The van der Waals surface area contributed by atoms with Gasteiger partial charge in [0.2, 0.25) is 5.91 Å². The van der Waals surface area contributed by atoms with Crippen LogP contribution in [0.3, 0.4) is 0 Å². The third kappa shape index (κ3) is 4.49. The van der Waals surface area contributed by atoms with Gasteiger partial charge in [-0.3, -0.25) is 14.5 Å². The minimum absolute atomic E-state index is 0.0232. The van der Waals surface area contributed by atoms with Gasteiger partial charge in [0.25, 0.3) is 10.0 Å². The van der Waals surface area contributed by atoms with Gasteiger partial charge in [0.15, 0.2) is 0 Å². The van der Waals surface area contributed by atoms with Gasteiger partial charge in [0.05, 0.1) is 4.90 Å². The van der Waals surface area contributed by atoms with E-state index in [9.17, 15) is 13.2 Å². The average Bonchev–Trinajstić information content (AvgIpc) is 3.65. The fourth-order valence-corrected chi connectivity index (χ4v) is 5.19. The Labute approximate surface area is 198 Å². The van der Waals surface area contributed by atoms with Gasteiger partial charge in [0, 0.05) is 35.6 Å². The van der Waals surface area contributed by atoms with Crippen molar-refractivity contribution in [1.29, 1.82) is 0 Å². The Balaban J connectivity index is 1.25. The summed E-state index contributed by atoms with van der Waals surface area (Å²) in [6.45, 7) is 2.08. The Morgan fingerprint density at radius 2 is 1.88 bits per heavy atom. The fourth-order valence-electron chi connectivity index (χ4n) is 4.19. The summed E-state index contributed by atoms with van der Waals surface area (Å²) in [5.74, 6) is 0.190. The van der Waals surface area contributed by atoms with Gasteiger partial charge < -0.3 is 5.32 Å². The second-order valence-corrected chi connectivity index (χ2v) is 10.1. The fraction of sp³-hybridized carbons (Fsp3) is 0.192. The van der Waals surface area contributed by atoms with Crippen molar-refractivity contribution in [3.05, 3.63) is 90.4 Å². The number of aromatic nitrogens is 2. The largest absolute Gasteiger partial charge is 0.326 e. The number of hydrogen-bond acceptors (Lipinski definition) is 5. The van der Waals surface area contributed by atoms with E-state index in [0.29, 0.717) is 0 Å². The topological polar surface area (TPSA) is 101 Å². The van der Waals surface area contributed by atoms with E-state index < -0.39 is 10.0 Å². The zero-order valence-electron chi connectivity index (χ0n) is 18.6. The molecule has 2 aromatic heterocycles. The third-order valence-electron chi connectivity index (χ3n) is 6.14. The van der Waals surface area contributed by atoms with Crippen LogP contribution in [0.4, 0.5) is 11.5 Å². The van der Waals surface area contributed by atoms with E-state index in [0.717, 1.165) is 40.4 Å². The lowest BCUT2D eigenvalue weighted by Gasteiger charge is -2.09. The molecule has 2 aromatic carbocycles. The van der Waals surface area contributed by atoms with Gasteiger partial charge in [0.1, 0.15) is 5.82 Å². The smallest absolute Gasteiger partial charge is 0.263 e. The van der Waals surface area contributed by atoms with E-state index in [4.69, 9.17) is 0 Å². The number of hydrogen-bond donors (Lipinski definition) is 2. The molecule has 0 saturated heterocycles. The van der Waals surface area contributed by atoms with Gasteiger partial charge in [-0.05, 0) is 71.7 Å². The number of rotatable bonds is 7. The number of nitrogens with one attached hydrogen (secondary N) is 2. The molecule has 8 heteroatoms. The van der Waals surface area contributed by atoms with Crippen molar-refractivity contribution in [2.75, 3.05) is 10.0 Å². The summed E-state index contributed by atoms with van der Waals surface area (Å²) in [6.07, 6.45) is 6.82. The normalized spacial score (nSPS) is 17.3. The molecule has 1 aliphatic rings. The maximum Gasteiger partial charge on any atom is 0.263 e. The molecule has 7 nitrogen and oxygen atoms in total. The van der Waals surface area contributed by atoms with Crippen LogP contribution in [0.5, 0.6) is 0 Å². The van der Waals surface area contributed by atoms with Gasteiger partial charge in [-0.1, -0.05) is 31.2 Å². The summed E-state index contributed by atoms with van der Waals surface area (Å²) >= 11 is 0. The lowest BCUT2D eigenvalue weighted by molar-refractivity contribution is -0.117. The number of amides is 1.